The molecule has 0 spiro atoms. The second kappa shape index (κ2) is 5.92. The van der Waals surface area contributed by atoms with Crippen molar-refractivity contribution in [2.75, 3.05) is 6.54 Å². The first kappa shape index (κ1) is 14.3. The Hall–Kier alpha value is -2.07. The highest BCUT2D eigenvalue weighted by Crippen LogP contribution is 2.20. The number of carbonyl (C=O) groups is 1. The zero-order valence-electron chi connectivity index (χ0n) is 12.1. The minimum absolute atomic E-state index is 0.152. The summed E-state index contributed by atoms with van der Waals surface area (Å²) in [7, 11) is 0. The predicted molar refractivity (Wildman–Crippen MR) is 79.3 cm³/mol. The number of aromatic nitrogens is 1. The van der Waals surface area contributed by atoms with E-state index < -0.39 is 6.10 Å². The van der Waals surface area contributed by atoms with E-state index in [2.05, 4.69) is 9.88 Å². The van der Waals surface area contributed by atoms with Crippen molar-refractivity contribution in [2.24, 2.45) is 0 Å². The normalized spacial score (nSPS) is 12.2. The first-order valence-electron chi connectivity index (χ1n) is 6.71. The molecule has 2 aromatic rings. The van der Waals surface area contributed by atoms with E-state index in [0.29, 0.717) is 5.56 Å². The van der Waals surface area contributed by atoms with Gasteiger partial charge in [0.1, 0.15) is 0 Å². The molecule has 0 radical (unpaired) electrons. The Morgan fingerprint density at radius 3 is 2.55 bits per heavy atom. The van der Waals surface area contributed by atoms with Gasteiger partial charge in [0.2, 0.25) is 0 Å². The van der Waals surface area contributed by atoms with Crippen molar-refractivity contribution in [3.63, 3.8) is 0 Å². The molecule has 1 heterocycles. The topological polar surface area (TPSA) is 54.3 Å². The Balaban J connectivity index is 2.32. The molecule has 0 bridgehead atoms. The Bertz CT molecular complexity index is 600. The molecule has 4 nitrogen and oxygen atoms in total. The molecular formula is C16H20N2O2. The molecule has 1 unspecified atom stereocenters. The second-order valence-electron chi connectivity index (χ2n) is 5.01. The Labute approximate surface area is 119 Å². The van der Waals surface area contributed by atoms with Gasteiger partial charge in [-0.15, -0.1) is 0 Å². The van der Waals surface area contributed by atoms with Gasteiger partial charge in [0, 0.05) is 23.6 Å². The van der Waals surface area contributed by atoms with Crippen LogP contribution in [0, 0.1) is 13.8 Å². The van der Waals surface area contributed by atoms with E-state index in [0.717, 1.165) is 17.1 Å². The number of amides is 1. The van der Waals surface area contributed by atoms with Crippen LogP contribution < -0.4 is 5.32 Å². The van der Waals surface area contributed by atoms with Crippen LogP contribution in [0.2, 0.25) is 0 Å². The summed E-state index contributed by atoms with van der Waals surface area (Å²) in [6.45, 7) is 5.81. The quantitative estimate of drug-likeness (QED) is 0.896. The maximum atomic E-state index is 12.1. The van der Waals surface area contributed by atoms with Crippen molar-refractivity contribution in [3.05, 3.63) is 53.3 Å². The number of nitrogens with one attached hydrogen (secondary N) is 1. The first-order valence-corrected chi connectivity index (χ1v) is 6.71. The molecule has 2 rings (SSSR count). The molecule has 0 aliphatic rings. The molecule has 0 saturated carbocycles. The van der Waals surface area contributed by atoms with E-state index in [1.54, 1.807) is 6.92 Å². The van der Waals surface area contributed by atoms with Crippen LogP contribution in [0.3, 0.4) is 0 Å². The molecule has 4 heteroatoms. The number of aryl methyl sites for hydroxylation is 1. The third-order valence-electron chi connectivity index (χ3n) is 3.25. The van der Waals surface area contributed by atoms with Gasteiger partial charge in [-0.3, -0.25) is 4.79 Å². The molecule has 1 aromatic carbocycles. The van der Waals surface area contributed by atoms with E-state index in [9.17, 15) is 9.90 Å². The van der Waals surface area contributed by atoms with Crippen molar-refractivity contribution in [3.8, 4) is 5.69 Å². The van der Waals surface area contributed by atoms with Crippen LogP contribution in [0.1, 0.15) is 28.7 Å². The van der Waals surface area contributed by atoms with Crippen molar-refractivity contribution >= 4 is 5.91 Å². The lowest BCUT2D eigenvalue weighted by atomic mass is 10.2. The van der Waals surface area contributed by atoms with E-state index in [-0.39, 0.29) is 12.5 Å². The van der Waals surface area contributed by atoms with Crippen LogP contribution in [0.4, 0.5) is 0 Å². The molecule has 106 valence electrons. The Morgan fingerprint density at radius 1 is 1.30 bits per heavy atom. The third kappa shape index (κ3) is 2.91. The fraction of sp³-hybridized carbons (Fsp3) is 0.312. The number of aliphatic hydroxyl groups is 1. The fourth-order valence-corrected chi connectivity index (χ4v) is 2.30. The van der Waals surface area contributed by atoms with Crippen LogP contribution in [-0.4, -0.2) is 28.2 Å². The van der Waals surface area contributed by atoms with Gasteiger partial charge in [0.25, 0.3) is 5.91 Å². The molecule has 2 N–H and O–H groups in total. The van der Waals surface area contributed by atoms with Crippen LogP contribution in [0.15, 0.2) is 36.4 Å². The third-order valence-corrected chi connectivity index (χ3v) is 3.25. The molecule has 20 heavy (non-hydrogen) atoms. The molecule has 0 aliphatic heterocycles. The van der Waals surface area contributed by atoms with Gasteiger partial charge in [0.05, 0.1) is 11.7 Å². The summed E-state index contributed by atoms with van der Waals surface area (Å²) >= 11 is 0. The smallest absolute Gasteiger partial charge is 0.253 e. The highest BCUT2D eigenvalue weighted by molar-refractivity contribution is 5.95. The average Bonchev–Trinajstić information content (AvgIpc) is 2.72. The molecule has 0 fully saturated rings. The number of rotatable bonds is 4. The SMILES string of the molecule is Cc1cc(C(=O)NCC(C)O)c(C)n1-c1ccccc1. The summed E-state index contributed by atoms with van der Waals surface area (Å²) in [5, 5.41) is 12.0. The van der Waals surface area contributed by atoms with E-state index in [1.165, 1.54) is 0 Å². The van der Waals surface area contributed by atoms with Gasteiger partial charge < -0.3 is 15.0 Å². The summed E-state index contributed by atoms with van der Waals surface area (Å²) in [6, 6.07) is 11.8. The monoisotopic (exact) mass is 272 g/mol. The van der Waals surface area contributed by atoms with E-state index in [1.807, 2.05) is 50.2 Å². The standard InChI is InChI=1S/C16H20N2O2/c1-11-9-15(16(20)17-10-12(2)19)13(3)18(11)14-7-5-4-6-8-14/h4-9,12,19H,10H2,1-3H3,(H,17,20). The predicted octanol–water partition coefficient (Wildman–Crippen LogP) is 2.20. The van der Waals surface area contributed by atoms with Gasteiger partial charge in [-0.2, -0.15) is 0 Å². The molecule has 1 amide bonds. The summed E-state index contributed by atoms with van der Waals surface area (Å²) in [5.41, 5.74) is 3.59. The Morgan fingerprint density at radius 2 is 1.95 bits per heavy atom. The summed E-state index contributed by atoms with van der Waals surface area (Å²) in [6.07, 6.45) is -0.545. The van der Waals surface area contributed by atoms with Crippen molar-refractivity contribution in [1.82, 2.24) is 9.88 Å². The molecule has 0 aliphatic carbocycles. The second-order valence-corrected chi connectivity index (χ2v) is 5.01. The largest absolute Gasteiger partial charge is 0.392 e. The molecule has 0 saturated heterocycles. The molecular weight excluding hydrogens is 252 g/mol. The fourth-order valence-electron chi connectivity index (χ4n) is 2.30. The minimum atomic E-state index is -0.545. The number of aliphatic hydroxyl groups excluding tert-OH is 1. The van der Waals surface area contributed by atoms with Gasteiger partial charge in [0.15, 0.2) is 0 Å². The lowest BCUT2D eigenvalue weighted by Crippen LogP contribution is -2.30. The van der Waals surface area contributed by atoms with E-state index >= 15 is 0 Å². The van der Waals surface area contributed by atoms with Gasteiger partial charge in [-0.05, 0) is 39.0 Å². The molecule has 1 atom stereocenters. The van der Waals surface area contributed by atoms with Crippen LogP contribution in [0.25, 0.3) is 5.69 Å². The number of benzene rings is 1. The maximum absolute atomic E-state index is 12.1. The van der Waals surface area contributed by atoms with Crippen LogP contribution >= 0.6 is 0 Å². The van der Waals surface area contributed by atoms with Gasteiger partial charge in [-0.1, -0.05) is 18.2 Å². The van der Waals surface area contributed by atoms with Gasteiger partial charge in [-0.25, -0.2) is 0 Å². The average molecular weight is 272 g/mol. The van der Waals surface area contributed by atoms with E-state index in [4.69, 9.17) is 0 Å². The zero-order chi connectivity index (χ0) is 14.7. The highest BCUT2D eigenvalue weighted by atomic mass is 16.3. The lowest BCUT2D eigenvalue weighted by Gasteiger charge is -2.10. The van der Waals surface area contributed by atoms with Crippen molar-refractivity contribution < 1.29 is 9.90 Å². The lowest BCUT2D eigenvalue weighted by molar-refractivity contribution is 0.0923. The molecule has 1 aromatic heterocycles. The number of carbonyl (C=O) groups excluding carboxylic acids is 1. The Kier molecular flexibility index (Phi) is 4.25. The number of nitrogens with zero attached hydrogens (tertiary/aromatic N) is 1. The zero-order valence-corrected chi connectivity index (χ0v) is 12.1. The van der Waals surface area contributed by atoms with Gasteiger partial charge >= 0.3 is 0 Å². The van der Waals surface area contributed by atoms with Crippen LogP contribution in [0.5, 0.6) is 0 Å². The van der Waals surface area contributed by atoms with Crippen LogP contribution in [-0.2, 0) is 0 Å². The summed E-state index contributed by atoms with van der Waals surface area (Å²) < 4.78 is 2.05. The highest BCUT2D eigenvalue weighted by Gasteiger charge is 2.16. The summed E-state index contributed by atoms with van der Waals surface area (Å²) in [4.78, 5) is 12.1. The summed E-state index contributed by atoms with van der Waals surface area (Å²) in [5.74, 6) is -0.152. The van der Waals surface area contributed by atoms with Crippen molar-refractivity contribution in [1.29, 1.82) is 0 Å². The van der Waals surface area contributed by atoms with Crippen molar-refractivity contribution in [2.45, 2.75) is 26.9 Å². The number of hydrogen-bond donors (Lipinski definition) is 2. The number of para-hydroxylation sites is 1. The minimum Gasteiger partial charge on any atom is -0.392 e. The first-order chi connectivity index (χ1) is 9.50. The maximum Gasteiger partial charge on any atom is 0.253 e. The number of hydrogen-bond acceptors (Lipinski definition) is 2.